The van der Waals surface area contributed by atoms with Crippen LogP contribution in [0.1, 0.15) is 57.7 Å². The molecule has 0 aromatic heterocycles. The van der Waals surface area contributed by atoms with Crippen molar-refractivity contribution in [3.8, 4) is 5.75 Å². The lowest BCUT2D eigenvalue weighted by atomic mass is 9.96. The van der Waals surface area contributed by atoms with Crippen LogP contribution in [0.25, 0.3) is 0 Å². The van der Waals surface area contributed by atoms with Crippen molar-refractivity contribution in [1.82, 2.24) is 37.2 Å². The molecular weight excluding hydrogens is 797 g/mol. The van der Waals surface area contributed by atoms with E-state index >= 15 is 0 Å². The fraction of sp³-hybridized carbons (Fsp3) is 0.444. The average molecular weight is 857 g/mol. The SMILES string of the molecule is CC[C@H](C)[C@@H]1NC(=O)[C@H](NC(=O)[C@@H](NC(=O)[C@@H](N)Cc2ccccc2)C(C)C)CNC(=O)[C@@H](Cc2ccc(O)cc2)NC(=O)C([C@@H](C)O)NC(=O)C(Cc2ccccc2)NC1=O. The zero-order chi connectivity index (χ0) is 45.5. The van der Waals surface area contributed by atoms with Gasteiger partial charge in [-0.15, -0.1) is 0 Å². The molecule has 62 heavy (non-hydrogen) atoms. The lowest BCUT2D eigenvalue weighted by molar-refractivity contribution is -0.138. The van der Waals surface area contributed by atoms with Gasteiger partial charge >= 0.3 is 0 Å². The Labute approximate surface area is 361 Å². The number of aromatic hydroxyl groups is 1. The number of amides is 7. The maximum atomic E-state index is 14.3. The van der Waals surface area contributed by atoms with E-state index in [2.05, 4.69) is 37.2 Å². The third kappa shape index (κ3) is 14.1. The molecule has 3 aromatic carbocycles. The Morgan fingerprint density at radius 1 is 0.677 bits per heavy atom. The molecule has 3 aromatic rings. The largest absolute Gasteiger partial charge is 0.508 e. The number of nitrogens with two attached hydrogens (primary N) is 1. The maximum absolute atomic E-state index is 14.3. The van der Waals surface area contributed by atoms with Crippen LogP contribution in [0.5, 0.6) is 5.75 Å². The van der Waals surface area contributed by atoms with Crippen LogP contribution in [0.4, 0.5) is 0 Å². The molecule has 1 aliphatic rings. The van der Waals surface area contributed by atoms with Crippen molar-refractivity contribution in [1.29, 1.82) is 0 Å². The van der Waals surface area contributed by atoms with Crippen LogP contribution < -0.4 is 43.0 Å². The minimum absolute atomic E-state index is 0.0321. The molecule has 4 rings (SSSR count). The van der Waals surface area contributed by atoms with E-state index in [-0.39, 0.29) is 25.0 Å². The summed E-state index contributed by atoms with van der Waals surface area (Å²) in [4.78, 5) is 97.7. The second-order valence-corrected chi connectivity index (χ2v) is 16.1. The molecule has 1 heterocycles. The number of nitrogens with one attached hydrogen (secondary N) is 7. The van der Waals surface area contributed by atoms with Gasteiger partial charge in [0.15, 0.2) is 0 Å². The van der Waals surface area contributed by atoms with Crippen molar-refractivity contribution in [3.05, 3.63) is 102 Å². The molecule has 2 unspecified atom stereocenters. The van der Waals surface area contributed by atoms with Gasteiger partial charge < -0.3 is 53.2 Å². The van der Waals surface area contributed by atoms with E-state index < -0.39 is 108 Å². The number of phenols is 1. The van der Waals surface area contributed by atoms with Crippen LogP contribution in [0.2, 0.25) is 0 Å². The summed E-state index contributed by atoms with van der Waals surface area (Å²) in [6.45, 7) is 7.65. The molecule has 17 heteroatoms. The topological polar surface area (TPSA) is 270 Å². The first kappa shape index (κ1) is 48.3. The molecule has 17 nitrogen and oxygen atoms in total. The number of aliphatic hydroxyl groups excluding tert-OH is 1. The summed E-state index contributed by atoms with van der Waals surface area (Å²) in [7, 11) is 0. The molecule has 334 valence electrons. The smallest absolute Gasteiger partial charge is 0.245 e. The third-order valence-corrected chi connectivity index (χ3v) is 10.8. The number of hydrogen-bond acceptors (Lipinski definition) is 10. The van der Waals surface area contributed by atoms with Gasteiger partial charge in [0.05, 0.1) is 12.1 Å². The van der Waals surface area contributed by atoms with Gasteiger partial charge in [-0.1, -0.05) is 107 Å². The Bertz CT molecular complexity index is 2000. The Balaban J connectivity index is 1.72. The number of aliphatic hydroxyl groups is 1. The van der Waals surface area contributed by atoms with Crippen molar-refractivity contribution >= 4 is 41.4 Å². The van der Waals surface area contributed by atoms with Gasteiger partial charge in [-0.2, -0.15) is 0 Å². The number of hydrogen-bond donors (Lipinski definition) is 10. The Hall–Kier alpha value is -6.33. The quantitative estimate of drug-likeness (QED) is 0.103. The van der Waals surface area contributed by atoms with Crippen LogP contribution in [0.15, 0.2) is 84.9 Å². The van der Waals surface area contributed by atoms with E-state index in [1.165, 1.54) is 31.2 Å². The molecule has 0 spiro atoms. The summed E-state index contributed by atoms with van der Waals surface area (Å²) in [6, 6.07) is 14.5. The first-order valence-corrected chi connectivity index (χ1v) is 20.9. The average Bonchev–Trinajstić information content (AvgIpc) is 3.24. The van der Waals surface area contributed by atoms with Crippen LogP contribution in [-0.2, 0) is 52.8 Å². The van der Waals surface area contributed by atoms with Gasteiger partial charge in [0.25, 0.3) is 0 Å². The molecule has 9 atom stereocenters. The Morgan fingerprint density at radius 3 is 1.74 bits per heavy atom. The van der Waals surface area contributed by atoms with Crippen molar-refractivity contribution in [2.75, 3.05) is 6.54 Å². The highest BCUT2D eigenvalue weighted by Gasteiger charge is 2.37. The maximum Gasteiger partial charge on any atom is 0.245 e. The summed E-state index contributed by atoms with van der Waals surface area (Å²) in [6.07, 6.45) is -1.03. The molecule has 0 aliphatic carbocycles. The number of carbonyl (C=O) groups excluding carboxylic acids is 7. The molecule has 0 bridgehead atoms. The Morgan fingerprint density at radius 2 is 1.19 bits per heavy atom. The predicted octanol–water partition coefficient (Wildman–Crippen LogP) is -0.131. The van der Waals surface area contributed by atoms with Crippen LogP contribution >= 0.6 is 0 Å². The number of phenolic OH excluding ortho intramolecular Hbond substituents is 1. The van der Waals surface area contributed by atoms with Gasteiger partial charge in [0.1, 0.15) is 42.0 Å². The highest BCUT2D eigenvalue weighted by atomic mass is 16.3. The zero-order valence-corrected chi connectivity index (χ0v) is 35.7. The lowest BCUT2D eigenvalue weighted by Gasteiger charge is -2.31. The first-order chi connectivity index (χ1) is 29.5. The van der Waals surface area contributed by atoms with Crippen molar-refractivity contribution in [2.45, 2.75) is 109 Å². The van der Waals surface area contributed by atoms with E-state index in [9.17, 15) is 43.8 Å². The molecule has 1 fully saturated rings. The second kappa shape index (κ2) is 23.0. The van der Waals surface area contributed by atoms with Crippen LogP contribution in [0, 0.1) is 11.8 Å². The van der Waals surface area contributed by atoms with E-state index in [0.717, 1.165) is 5.56 Å². The van der Waals surface area contributed by atoms with E-state index in [1.54, 1.807) is 58.0 Å². The molecule has 11 N–H and O–H groups in total. The zero-order valence-electron chi connectivity index (χ0n) is 35.7. The van der Waals surface area contributed by atoms with E-state index in [4.69, 9.17) is 5.73 Å². The summed E-state index contributed by atoms with van der Waals surface area (Å²) in [5.74, 6) is -6.58. The van der Waals surface area contributed by atoms with Crippen molar-refractivity contribution in [2.24, 2.45) is 17.6 Å². The molecule has 1 saturated heterocycles. The fourth-order valence-electron chi connectivity index (χ4n) is 6.83. The molecule has 0 saturated carbocycles. The number of benzene rings is 3. The summed E-state index contributed by atoms with van der Waals surface area (Å²) < 4.78 is 0. The second-order valence-electron chi connectivity index (χ2n) is 16.1. The number of rotatable bonds is 14. The summed E-state index contributed by atoms with van der Waals surface area (Å²) in [5, 5.41) is 39.2. The minimum atomic E-state index is -1.58. The lowest BCUT2D eigenvalue weighted by Crippen LogP contribution is -2.64. The van der Waals surface area contributed by atoms with E-state index in [1.807, 2.05) is 30.3 Å². The van der Waals surface area contributed by atoms with Gasteiger partial charge in [-0.3, -0.25) is 33.6 Å². The van der Waals surface area contributed by atoms with Crippen molar-refractivity contribution in [3.63, 3.8) is 0 Å². The van der Waals surface area contributed by atoms with Gasteiger partial charge in [-0.25, -0.2) is 0 Å². The predicted molar refractivity (Wildman–Crippen MR) is 231 cm³/mol. The standard InChI is InChI=1S/C45H60N8O9/c1-6-26(4)37-44(61)49-34(22-29-15-11-8-12-16-29)41(58)53-38(27(5)54)45(62)48-33(23-30-17-19-31(55)20-18-30)40(57)47-24-35(42(59)52-37)50-43(60)36(25(2)3)51-39(56)32(46)21-28-13-9-7-10-14-28/h7-20,25-27,32-38,54-55H,6,21-24,46H2,1-5H3,(H,47,57)(H,48,62)(H,49,61)(H,50,60)(H,51,56)(H,52,59)(H,53,58)/t26-,27+,32-,33+,34?,35+,36-,37-,38?/m0/s1. The number of carbonyl (C=O) groups is 7. The molecule has 1 aliphatic heterocycles. The van der Waals surface area contributed by atoms with Gasteiger partial charge in [0, 0.05) is 19.4 Å². The highest BCUT2D eigenvalue weighted by molar-refractivity contribution is 5.98. The van der Waals surface area contributed by atoms with Crippen LogP contribution in [-0.4, -0.2) is 107 Å². The fourth-order valence-corrected chi connectivity index (χ4v) is 6.83. The van der Waals surface area contributed by atoms with E-state index in [0.29, 0.717) is 17.5 Å². The normalized spacial score (nSPS) is 22.4. The first-order valence-electron chi connectivity index (χ1n) is 20.9. The van der Waals surface area contributed by atoms with Gasteiger partial charge in [0.2, 0.25) is 41.4 Å². The van der Waals surface area contributed by atoms with Crippen LogP contribution in [0.3, 0.4) is 0 Å². The molecule has 7 amide bonds. The minimum Gasteiger partial charge on any atom is -0.508 e. The third-order valence-electron chi connectivity index (χ3n) is 10.8. The summed E-state index contributed by atoms with van der Waals surface area (Å²) >= 11 is 0. The summed E-state index contributed by atoms with van der Waals surface area (Å²) in [5.41, 5.74) is 8.21. The Kier molecular flexibility index (Phi) is 18.0. The molecular formula is C45H60N8O9. The monoisotopic (exact) mass is 856 g/mol. The van der Waals surface area contributed by atoms with Crippen molar-refractivity contribution < 1.29 is 43.8 Å². The highest BCUT2D eigenvalue weighted by Crippen LogP contribution is 2.14. The molecule has 0 radical (unpaired) electrons. The van der Waals surface area contributed by atoms with Gasteiger partial charge in [-0.05, 0) is 54.0 Å².